The van der Waals surface area contributed by atoms with Crippen molar-refractivity contribution in [2.75, 3.05) is 25.4 Å². The highest BCUT2D eigenvalue weighted by atomic mass is 35.5. The maximum atomic E-state index is 10.3. The molecule has 1 heterocycles. The van der Waals surface area contributed by atoms with Gasteiger partial charge >= 0.3 is 0 Å². The standard InChI is InChI=1S/C17H26ClN3OS/c1-3-19-16(21-12-17(2)9-6-10-23-17)20-11-15(22)13-7-4-5-8-14(13)18/h4-5,7-8,15,22H,3,6,9-12H2,1-2H3,(H2,19,20,21). The number of hydrogen-bond donors (Lipinski definition) is 3. The molecule has 0 aliphatic carbocycles. The van der Waals surface area contributed by atoms with E-state index in [9.17, 15) is 5.11 Å². The van der Waals surface area contributed by atoms with Crippen molar-refractivity contribution in [2.24, 2.45) is 4.99 Å². The number of aliphatic hydroxyl groups excluding tert-OH is 1. The van der Waals surface area contributed by atoms with Crippen LogP contribution in [0.1, 0.15) is 38.4 Å². The number of nitrogens with zero attached hydrogens (tertiary/aromatic N) is 1. The molecule has 2 unspecified atom stereocenters. The van der Waals surface area contributed by atoms with Crippen molar-refractivity contribution in [1.82, 2.24) is 10.6 Å². The van der Waals surface area contributed by atoms with Gasteiger partial charge in [0.25, 0.3) is 0 Å². The summed E-state index contributed by atoms with van der Waals surface area (Å²) in [6, 6.07) is 7.37. The molecule has 0 saturated carbocycles. The van der Waals surface area contributed by atoms with Crippen LogP contribution in [0.2, 0.25) is 5.02 Å². The van der Waals surface area contributed by atoms with Crippen LogP contribution in [0.4, 0.5) is 0 Å². The van der Waals surface area contributed by atoms with E-state index in [1.807, 2.05) is 36.9 Å². The normalized spacial score (nSPS) is 22.9. The van der Waals surface area contributed by atoms with E-state index in [1.54, 1.807) is 6.07 Å². The van der Waals surface area contributed by atoms with Crippen LogP contribution in [0.5, 0.6) is 0 Å². The number of thioether (sulfide) groups is 1. The van der Waals surface area contributed by atoms with Gasteiger partial charge in [-0.1, -0.05) is 29.8 Å². The third-order valence-corrected chi connectivity index (χ3v) is 5.81. The molecule has 0 spiro atoms. The topological polar surface area (TPSA) is 56.7 Å². The summed E-state index contributed by atoms with van der Waals surface area (Å²) in [5, 5.41) is 17.3. The number of rotatable bonds is 6. The highest BCUT2D eigenvalue weighted by Crippen LogP contribution is 2.37. The fourth-order valence-corrected chi connectivity index (χ4v) is 4.09. The van der Waals surface area contributed by atoms with Gasteiger partial charge in [-0.05, 0) is 38.5 Å². The molecule has 2 atom stereocenters. The first-order chi connectivity index (χ1) is 11.0. The Morgan fingerprint density at radius 3 is 2.87 bits per heavy atom. The van der Waals surface area contributed by atoms with Crippen molar-refractivity contribution >= 4 is 29.3 Å². The Morgan fingerprint density at radius 2 is 2.22 bits per heavy atom. The fraction of sp³-hybridized carbons (Fsp3) is 0.588. The zero-order valence-electron chi connectivity index (χ0n) is 13.8. The van der Waals surface area contributed by atoms with Gasteiger partial charge in [0.1, 0.15) is 0 Å². The Balaban J connectivity index is 1.92. The average Bonchev–Trinajstić information content (AvgIpc) is 2.97. The van der Waals surface area contributed by atoms with Crippen molar-refractivity contribution in [3.05, 3.63) is 34.9 Å². The second-order valence-corrected chi connectivity index (χ2v) is 8.11. The number of guanidine groups is 1. The lowest BCUT2D eigenvalue weighted by Crippen LogP contribution is -2.40. The van der Waals surface area contributed by atoms with Crippen LogP contribution >= 0.6 is 23.4 Å². The van der Waals surface area contributed by atoms with Crippen molar-refractivity contribution in [1.29, 1.82) is 0 Å². The molecule has 23 heavy (non-hydrogen) atoms. The Kier molecular flexibility index (Phi) is 7.06. The van der Waals surface area contributed by atoms with Crippen molar-refractivity contribution < 1.29 is 5.11 Å². The molecule has 1 fully saturated rings. The summed E-state index contributed by atoms with van der Waals surface area (Å²) in [5.41, 5.74) is 0.732. The number of benzene rings is 1. The zero-order chi connectivity index (χ0) is 16.7. The van der Waals surface area contributed by atoms with Gasteiger partial charge in [0.15, 0.2) is 5.96 Å². The van der Waals surface area contributed by atoms with Crippen molar-refractivity contribution in [3.8, 4) is 0 Å². The molecule has 0 amide bonds. The number of halogens is 1. The number of nitrogens with one attached hydrogen (secondary N) is 2. The van der Waals surface area contributed by atoms with Crippen LogP contribution < -0.4 is 10.6 Å². The summed E-state index contributed by atoms with van der Waals surface area (Å²) < 4.78 is 0.240. The van der Waals surface area contributed by atoms with E-state index >= 15 is 0 Å². The number of aliphatic imine (C=N–C) groups is 1. The van der Waals surface area contributed by atoms with Gasteiger partial charge in [-0.2, -0.15) is 11.8 Å². The molecule has 1 aromatic carbocycles. The first-order valence-electron chi connectivity index (χ1n) is 8.13. The van der Waals surface area contributed by atoms with Gasteiger partial charge in [0.05, 0.1) is 12.6 Å². The van der Waals surface area contributed by atoms with Gasteiger partial charge in [0.2, 0.25) is 0 Å². The first kappa shape index (κ1) is 18.4. The molecule has 1 aliphatic heterocycles. The fourth-order valence-electron chi connectivity index (χ4n) is 2.60. The molecule has 128 valence electrons. The van der Waals surface area contributed by atoms with Crippen LogP contribution in [0, 0.1) is 0 Å². The van der Waals surface area contributed by atoms with Crippen LogP contribution in [-0.4, -0.2) is 41.2 Å². The van der Waals surface area contributed by atoms with Gasteiger partial charge in [-0.3, -0.25) is 4.99 Å². The molecule has 1 aliphatic rings. The molecule has 2 rings (SSSR count). The smallest absolute Gasteiger partial charge is 0.191 e. The molecule has 4 nitrogen and oxygen atoms in total. The Morgan fingerprint density at radius 1 is 1.43 bits per heavy atom. The predicted molar refractivity (Wildman–Crippen MR) is 100 cm³/mol. The third-order valence-electron chi connectivity index (χ3n) is 3.94. The van der Waals surface area contributed by atoms with E-state index in [0.717, 1.165) is 24.6 Å². The van der Waals surface area contributed by atoms with Crippen LogP contribution in [-0.2, 0) is 0 Å². The summed E-state index contributed by atoms with van der Waals surface area (Å²) in [6.45, 7) is 6.26. The van der Waals surface area contributed by atoms with Gasteiger partial charge in [-0.25, -0.2) is 0 Å². The quantitative estimate of drug-likeness (QED) is 0.541. The van der Waals surface area contributed by atoms with Crippen molar-refractivity contribution in [2.45, 2.75) is 37.5 Å². The van der Waals surface area contributed by atoms with Gasteiger partial charge in [0, 0.05) is 28.4 Å². The minimum atomic E-state index is -0.663. The van der Waals surface area contributed by atoms with Crippen LogP contribution in [0.15, 0.2) is 29.3 Å². The third kappa shape index (κ3) is 5.59. The van der Waals surface area contributed by atoms with E-state index in [-0.39, 0.29) is 4.75 Å². The molecular weight excluding hydrogens is 330 g/mol. The van der Waals surface area contributed by atoms with Crippen LogP contribution in [0.3, 0.4) is 0 Å². The molecule has 0 bridgehead atoms. The molecule has 0 radical (unpaired) electrons. The maximum absolute atomic E-state index is 10.3. The van der Waals surface area contributed by atoms with E-state index in [2.05, 4.69) is 22.5 Å². The van der Waals surface area contributed by atoms with E-state index in [0.29, 0.717) is 11.6 Å². The minimum Gasteiger partial charge on any atom is -0.387 e. The van der Waals surface area contributed by atoms with E-state index in [4.69, 9.17) is 11.6 Å². The van der Waals surface area contributed by atoms with E-state index < -0.39 is 6.10 Å². The molecule has 1 aromatic rings. The second kappa shape index (κ2) is 8.81. The molecule has 1 saturated heterocycles. The summed E-state index contributed by atoms with van der Waals surface area (Å²) in [6.07, 6.45) is 1.82. The predicted octanol–water partition coefficient (Wildman–Crippen LogP) is 3.21. The van der Waals surface area contributed by atoms with Gasteiger partial charge < -0.3 is 15.7 Å². The lowest BCUT2D eigenvalue weighted by Gasteiger charge is -2.21. The Labute approximate surface area is 148 Å². The lowest BCUT2D eigenvalue weighted by molar-refractivity contribution is 0.181. The number of hydrogen-bond acceptors (Lipinski definition) is 3. The zero-order valence-corrected chi connectivity index (χ0v) is 15.4. The Hall–Kier alpha value is -0.910. The molecular formula is C17H26ClN3OS. The summed E-state index contributed by atoms with van der Waals surface area (Å²) in [7, 11) is 0. The van der Waals surface area contributed by atoms with Crippen molar-refractivity contribution in [3.63, 3.8) is 0 Å². The SMILES string of the molecule is CCNC(=NCC1(C)CCCS1)NCC(O)c1ccccc1Cl. The van der Waals surface area contributed by atoms with Gasteiger partial charge in [-0.15, -0.1) is 0 Å². The van der Waals surface area contributed by atoms with E-state index in [1.165, 1.54) is 18.6 Å². The number of aliphatic hydroxyl groups is 1. The largest absolute Gasteiger partial charge is 0.387 e. The monoisotopic (exact) mass is 355 g/mol. The summed E-state index contributed by atoms with van der Waals surface area (Å²) >= 11 is 8.12. The second-order valence-electron chi connectivity index (χ2n) is 6.02. The highest BCUT2D eigenvalue weighted by molar-refractivity contribution is 8.00. The minimum absolute atomic E-state index is 0.240. The molecule has 0 aromatic heterocycles. The van der Waals surface area contributed by atoms with Crippen LogP contribution in [0.25, 0.3) is 0 Å². The summed E-state index contributed by atoms with van der Waals surface area (Å²) in [4.78, 5) is 4.68. The highest BCUT2D eigenvalue weighted by Gasteiger charge is 2.29. The molecule has 6 heteroatoms. The molecule has 3 N–H and O–H groups in total. The average molecular weight is 356 g/mol. The first-order valence-corrected chi connectivity index (χ1v) is 9.49. The summed E-state index contributed by atoms with van der Waals surface area (Å²) in [5.74, 6) is 1.97. The maximum Gasteiger partial charge on any atom is 0.191 e. The lowest BCUT2D eigenvalue weighted by atomic mass is 10.1. The Bertz CT molecular complexity index is 532.